The van der Waals surface area contributed by atoms with Crippen LogP contribution in [0.3, 0.4) is 0 Å². The van der Waals surface area contributed by atoms with E-state index >= 15 is 0 Å². The van der Waals surface area contributed by atoms with Crippen LogP contribution in [-0.2, 0) is 0 Å². The minimum Gasteiger partial charge on any atom is -0.329 e. The third kappa shape index (κ3) is 6.54. The van der Waals surface area contributed by atoms with Crippen molar-refractivity contribution < 1.29 is 0 Å². The van der Waals surface area contributed by atoms with Crippen molar-refractivity contribution in [1.82, 2.24) is 10.6 Å². The highest BCUT2D eigenvalue weighted by Gasteiger charge is 1.99. The highest BCUT2D eigenvalue weighted by molar-refractivity contribution is 4.65. The fourth-order valence-electron chi connectivity index (χ4n) is 0.986. The Morgan fingerprint density at radius 1 is 1.17 bits per heavy atom. The van der Waals surface area contributed by atoms with Gasteiger partial charge in [-0.25, -0.2) is 0 Å². The van der Waals surface area contributed by atoms with Gasteiger partial charge in [0.1, 0.15) is 0 Å². The van der Waals surface area contributed by atoms with Crippen molar-refractivity contribution in [2.24, 2.45) is 11.5 Å². The van der Waals surface area contributed by atoms with Gasteiger partial charge in [-0.1, -0.05) is 6.92 Å². The summed E-state index contributed by atoms with van der Waals surface area (Å²) in [6.45, 7) is 6.38. The molecule has 0 spiro atoms. The zero-order valence-corrected chi connectivity index (χ0v) is 7.97. The summed E-state index contributed by atoms with van der Waals surface area (Å²) >= 11 is 0. The van der Waals surface area contributed by atoms with Gasteiger partial charge in [0, 0.05) is 38.8 Å². The Balaban J connectivity index is 3.06. The van der Waals surface area contributed by atoms with Crippen LogP contribution in [0.4, 0.5) is 0 Å². The number of nitrogens with two attached hydrogens (primary N) is 2. The summed E-state index contributed by atoms with van der Waals surface area (Å²) in [5.41, 5.74) is 10.8. The molecule has 0 amide bonds. The van der Waals surface area contributed by atoms with Crippen LogP contribution in [0.5, 0.6) is 0 Å². The third-order valence-electron chi connectivity index (χ3n) is 1.83. The number of rotatable bonds is 8. The zero-order chi connectivity index (χ0) is 9.23. The molecule has 12 heavy (non-hydrogen) atoms. The zero-order valence-electron chi connectivity index (χ0n) is 7.97. The highest BCUT2D eigenvalue weighted by Crippen LogP contribution is 1.84. The van der Waals surface area contributed by atoms with Crippen molar-refractivity contribution in [3.05, 3.63) is 0 Å². The molecule has 4 heteroatoms. The standard InChI is InChI=1S/C8H22N4/c1-2-8(7-10)12-6-5-11-4-3-9/h8,11-12H,2-7,9-10H2,1H3. The molecule has 0 aliphatic rings. The van der Waals surface area contributed by atoms with E-state index in [-0.39, 0.29) is 0 Å². The molecule has 0 radical (unpaired) electrons. The molecule has 0 fully saturated rings. The summed E-state index contributed by atoms with van der Waals surface area (Å²) in [7, 11) is 0. The van der Waals surface area contributed by atoms with Crippen LogP contribution in [0.1, 0.15) is 13.3 Å². The Morgan fingerprint density at radius 2 is 1.92 bits per heavy atom. The lowest BCUT2D eigenvalue weighted by molar-refractivity contribution is 0.495. The first-order chi connectivity index (χ1) is 5.85. The van der Waals surface area contributed by atoms with Crippen LogP contribution < -0.4 is 22.1 Å². The molecule has 1 atom stereocenters. The molecular formula is C8H22N4. The van der Waals surface area contributed by atoms with Gasteiger partial charge in [0.05, 0.1) is 0 Å². The average Bonchev–Trinajstić information content (AvgIpc) is 2.11. The second kappa shape index (κ2) is 8.93. The van der Waals surface area contributed by atoms with E-state index in [1.807, 2.05) is 0 Å². The van der Waals surface area contributed by atoms with Gasteiger partial charge < -0.3 is 22.1 Å². The number of hydrogen-bond acceptors (Lipinski definition) is 4. The lowest BCUT2D eigenvalue weighted by Crippen LogP contribution is -2.40. The van der Waals surface area contributed by atoms with Gasteiger partial charge in [0.2, 0.25) is 0 Å². The topological polar surface area (TPSA) is 76.1 Å². The first-order valence-electron chi connectivity index (χ1n) is 4.69. The maximum absolute atomic E-state index is 5.52. The largest absolute Gasteiger partial charge is 0.329 e. The molecule has 0 saturated carbocycles. The van der Waals surface area contributed by atoms with E-state index in [1.54, 1.807) is 0 Å². The average molecular weight is 174 g/mol. The first-order valence-corrected chi connectivity index (χ1v) is 4.69. The molecule has 4 nitrogen and oxygen atoms in total. The molecule has 0 aliphatic carbocycles. The Bertz CT molecular complexity index is 83.1. The van der Waals surface area contributed by atoms with Gasteiger partial charge in [-0.05, 0) is 6.42 Å². The molecule has 0 aromatic carbocycles. The second-order valence-corrected chi connectivity index (χ2v) is 2.83. The van der Waals surface area contributed by atoms with Crippen LogP contribution in [0.2, 0.25) is 0 Å². The summed E-state index contributed by atoms with van der Waals surface area (Å²) in [6.07, 6.45) is 1.09. The third-order valence-corrected chi connectivity index (χ3v) is 1.83. The van der Waals surface area contributed by atoms with E-state index in [2.05, 4.69) is 17.6 Å². The Morgan fingerprint density at radius 3 is 2.42 bits per heavy atom. The Labute approximate surface area is 75.1 Å². The van der Waals surface area contributed by atoms with Crippen LogP contribution in [0, 0.1) is 0 Å². The van der Waals surface area contributed by atoms with E-state index in [1.165, 1.54) is 0 Å². The molecule has 0 heterocycles. The van der Waals surface area contributed by atoms with E-state index in [4.69, 9.17) is 11.5 Å². The van der Waals surface area contributed by atoms with Gasteiger partial charge in [0.15, 0.2) is 0 Å². The lowest BCUT2D eigenvalue weighted by atomic mass is 10.2. The van der Waals surface area contributed by atoms with Crippen molar-refractivity contribution in [1.29, 1.82) is 0 Å². The van der Waals surface area contributed by atoms with Crippen molar-refractivity contribution in [2.75, 3.05) is 32.7 Å². The first kappa shape index (κ1) is 11.8. The summed E-state index contributed by atoms with van der Waals surface area (Å²) in [5, 5.41) is 6.56. The number of hydrogen-bond donors (Lipinski definition) is 4. The molecule has 0 saturated heterocycles. The Kier molecular flexibility index (Phi) is 8.81. The van der Waals surface area contributed by atoms with Crippen LogP contribution >= 0.6 is 0 Å². The summed E-state index contributed by atoms with van der Waals surface area (Å²) in [4.78, 5) is 0. The smallest absolute Gasteiger partial charge is 0.0188 e. The fourth-order valence-corrected chi connectivity index (χ4v) is 0.986. The molecule has 1 unspecified atom stereocenters. The van der Waals surface area contributed by atoms with E-state index in [9.17, 15) is 0 Å². The lowest BCUT2D eigenvalue weighted by Gasteiger charge is -2.14. The van der Waals surface area contributed by atoms with Crippen LogP contribution in [0.25, 0.3) is 0 Å². The van der Waals surface area contributed by atoms with Crippen molar-refractivity contribution in [3.63, 3.8) is 0 Å². The van der Waals surface area contributed by atoms with Crippen molar-refractivity contribution >= 4 is 0 Å². The number of nitrogens with one attached hydrogen (secondary N) is 2. The van der Waals surface area contributed by atoms with Gasteiger partial charge in [-0.3, -0.25) is 0 Å². The second-order valence-electron chi connectivity index (χ2n) is 2.83. The predicted octanol–water partition coefficient (Wildman–Crippen LogP) is -1.14. The van der Waals surface area contributed by atoms with Gasteiger partial charge in [0.25, 0.3) is 0 Å². The van der Waals surface area contributed by atoms with E-state index < -0.39 is 0 Å². The van der Waals surface area contributed by atoms with E-state index in [0.29, 0.717) is 19.1 Å². The molecule has 0 aromatic heterocycles. The maximum atomic E-state index is 5.52. The molecular weight excluding hydrogens is 152 g/mol. The van der Waals surface area contributed by atoms with Crippen LogP contribution in [0.15, 0.2) is 0 Å². The summed E-state index contributed by atoms with van der Waals surface area (Å²) < 4.78 is 0. The molecule has 0 aromatic rings. The molecule has 0 bridgehead atoms. The fraction of sp³-hybridized carbons (Fsp3) is 1.00. The maximum Gasteiger partial charge on any atom is 0.0188 e. The summed E-state index contributed by atoms with van der Waals surface area (Å²) in [5.74, 6) is 0. The monoisotopic (exact) mass is 174 g/mol. The van der Waals surface area contributed by atoms with Crippen LogP contribution in [-0.4, -0.2) is 38.8 Å². The predicted molar refractivity (Wildman–Crippen MR) is 53.1 cm³/mol. The van der Waals surface area contributed by atoms with Crippen molar-refractivity contribution in [3.8, 4) is 0 Å². The van der Waals surface area contributed by atoms with Gasteiger partial charge >= 0.3 is 0 Å². The molecule has 6 N–H and O–H groups in total. The molecule has 0 rings (SSSR count). The minimum atomic E-state index is 0.463. The van der Waals surface area contributed by atoms with Gasteiger partial charge in [-0.15, -0.1) is 0 Å². The van der Waals surface area contributed by atoms with Gasteiger partial charge in [-0.2, -0.15) is 0 Å². The summed E-state index contributed by atoms with van der Waals surface area (Å²) in [6, 6.07) is 0.463. The highest BCUT2D eigenvalue weighted by atomic mass is 15.0. The van der Waals surface area contributed by atoms with E-state index in [0.717, 1.165) is 26.1 Å². The quantitative estimate of drug-likeness (QED) is 0.351. The Hall–Kier alpha value is -0.160. The molecule has 74 valence electrons. The van der Waals surface area contributed by atoms with Crippen molar-refractivity contribution in [2.45, 2.75) is 19.4 Å². The normalized spacial score (nSPS) is 13.2. The minimum absolute atomic E-state index is 0.463. The SMILES string of the molecule is CCC(CN)NCCNCCN. The molecule has 0 aliphatic heterocycles.